The number of carbonyl (C=O) groups is 2. The van der Waals surface area contributed by atoms with Crippen molar-refractivity contribution in [1.82, 2.24) is 0 Å². The van der Waals surface area contributed by atoms with E-state index in [1.807, 2.05) is 0 Å². The van der Waals surface area contributed by atoms with E-state index in [0.717, 1.165) is 6.07 Å². The molecule has 0 aliphatic rings. The van der Waals surface area contributed by atoms with Crippen LogP contribution in [0.25, 0.3) is 0 Å². The molecule has 0 bridgehead atoms. The molecular weight excluding hydrogens is 400 g/mol. The molecule has 0 fully saturated rings. The van der Waals surface area contributed by atoms with Crippen LogP contribution < -0.4 is 5.32 Å². The zero-order chi connectivity index (χ0) is 21.0. The topological polar surface area (TPSA) is 112 Å². The van der Waals surface area contributed by atoms with Gasteiger partial charge in [-0.25, -0.2) is 4.79 Å². The monoisotopic (exact) mass is 414 g/mol. The van der Waals surface area contributed by atoms with Crippen LogP contribution in [0.3, 0.4) is 0 Å². The molecule has 0 radical (unpaired) electrons. The lowest BCUT2D eigenvalue weighted by Crippen LogP contribution is -2.26. The molecule has 0 aliphatic carbocycles. The van der Waals surface area contributed by atoms with Crippen LogP contribution in [0.1, 0.15) is 27.8 Å². The van der Waals surface area contributed by atoms with Gasteiger partial charge in [-0.1, -0.05) is 41.9 Å². The van der Waals surface area contributed by atoms with Crippen molar-refractivity contribution < 1.29 is 23.7 Å². The first-order chi connectivity index (χ1) is 13.9. The fourth-order valence-corrected chi connectivity index (χ4v) is 2.81. The molecule has 3 aromatic rings. The predicted octanol–water partition coefficient (Wildman–Crippen LogP) is 4.69. The number of esters is 1. The molecule has 0 saturated carbocycles. The molecule has 1 amide bonds. The summed E-state index contributed by atoms with van der Waals surface area (Å²) in [5, 5.41) is 13.4. The number of nitro benzene ring substituents is 1. The van der Waals surface area contributed by atoms with E-state index in [2.05, 4.69) is 5.32 Å². The Balaban J connectivity index is 1.86. The molecule has 29 heavy (non-hydrogen) atoms. The van der Waals surface area contributed by atoms with Crippen molar-refractivity contribution in [2.24, 2.45) is 0 Å². The third-order valence-electron chi connectivity index (χ3n) is 4.07. The molecule has 8 nitrogen and oxygen atoms in total. The van der Waals surface area contributed by atoms with Gasteiger partial charge >= 0.3 is 5.97 Å². The lowest BCUT2D eigenvalue weighted by Gasteiger charge is -2.18. The van der Waals surface area contributed by atoms with Crippen LogP contribution in [0.15, 0.2) is 65.3 Å². The molecule has 9 heteroatoms. The summed E-state index contributed by atoms with van der Waals surface area (Å²) in [5.74, 6) is -1.03. The van der Waals surface area contributed by atoms with Gasteiger partial charge in [0.2, 0.25) is 6.10 Å². The van der Waals surface area contributed by atoms with Gasteiger partial charge in [-0.2, -0.15) is 0 Å². The quantitative estimate of drug-likeness (QED) is 0.356. The fraction of sp³-hybridized carbons (Fsp3) is 0.100. The molecule has 3 rings (SSSR count). The molecule has 0 aliphatic heterocycles. The van der Waals surface area contributed by atoms with Crippen molar-refractivity contribution in [2.75, 3.05) is 5.32 Å². The Hall–Kier alpha value is -3.65. The molecule has 0 spiro atoms. The highest BCUT2D eigenvalue weighted by Crippen LogP contribution is 2.29. The number of benzene rings is 2. The van der Waals surface area contributed by atoms with Gasteiger partial charge in [0, 0.05) is 17.7 Å². The highest BCUT2D eigenvalue weighted by molar-refractivity contribution is 6.34. The number of amides is 1. The maximum atomic E-state index is 12.9. The van der Waals surface area contributed by atoms with Gasteiger partial charge in [0.1, 0.15) is 11.3 Å². The van der Waals surface area contributed by atoms with E-state index in [-0.39, 0.29) is 22.0 Å². The van der Waals surface area contributed by atoms with Crippen molar-refractivity contribution in [1.29, 1.82) is 0 Å². The normalized spacial score (nSPS) is 11.5. The Morgan fingerprint density at radius 1 is 1.17 bits per heavy atom. The largest absolute Gasteiger partial charge is 0.469 e. The van der Waals surface area contributed by atoms with Gasteiger partial charge < -0.3 is 14.5 Å². The molecule has 1 N–H and O–H groups in total. The number of non-ortho nitro benzene ring substituents is 1. The number of nitrogens with zero attached hydrogens (tertiary/aromatic N) is 1. The Morgan fingerprint density at radius 3 is 2.48 bits per heavy atom. The second kappa shape index (κ2) is 8.57. The van der Waals surface area contributed by atoms with Crippen molar-refractivity contribution in [2.45, 2.75) is 13.0 Å². The second-order valence-electron chi connectivity index (χ2n) is 6.00. The van der Waals surface area contributed by atoms with Crippen molar-refractivity contribution in [3.8, 4) is 0 Å². The molecule has 2 aromatic carbocycles. The number of halogens is 1. The first-order valence-electron chi connectivity index (χ1n) is 8.41. The average molecular weight is 415 g/mol. The van der Waals surface area contributed by atoms with Crippen LogP contribution in [0, 0.1) is 17.0 Å². The minimum absolute atomic E-state index is 0.0173. The van der Waals surface area contributed by atoms with Crippen LogP contribution >= 0.6 is 11.6 Å². The molecule has 1 unspecified atom stereocenters. The van der Waals surface area contributed by atoms with Gasteiger partial charge in [-0.05, 0) is 19.1 Å². The second-order valence-corrected chi connectivity index (χ2v) is 6.40. The number of aryl methyl sites for hydroxylation is 1. The summed E-state index contributed by atoms with van der Waals surface area (Å²) in [6, 6.07) is 13.5. The minimum Gasteiger partial charge on any atom is -0.469 e. The Kier molecular flexibility index (Phi) is 5.94. The highest BCUT2D eigenvalue weighted by atomic mass is 35.5. The van der Waals surface area contributed by atoms with Crippen LogP contribution in [0.2, 0.25) is 5.02 Å². The van der Waals surface area contributed by atoms with Crippen molar-refractivity contribution >= 4 is 34.9 Å². The maximum Gasteiger partial charge on any atom is 0.342 e. The SMILES string of the molecule is Cc1occc1C(=O)OC(C(=O)Nc1ccc([N+](=O)[O-])cc1Cl)c1ccccc1. The van der Waals surface area contributed by atoms with Crippen molar-refractivity contribution in [3.05, 3.63) is 92.9 Å². The van der Waals surface area contributed by atoms with Gasteiger partial charge in [0.25, 0.3) is 11.6 Å². The zero-order valence-corrected chi connectivity index (χ0v) is 15.9. The number of rotatable bonds is 6. The van der Waals surface area contributed by atoms with E-state index in [0.29, 0.717) is 11.3 Å². The smallest absolute Gasteiger partial charge is 0.342 e. The Labute approximate surface area is 170 Å². The number of hydrogen-bond donors (Lipinski definition) is 1. The number of nitro groups is 1. The van der Waals surface area contributed by atoms with E-state index >= 15 is 0 Å². The summed E-state index contributed by atoms with van der Waals surface area (Å²) in [5.41, 5.74) is 0.581. The van der Waals surface area contributed by atoms with Gasteiger partial charge in [-0.15, -0.1) is 0 Å². The minimum atomic E-state index is -1.27. The standard InChI is InChI=1S/C20H15ClN2O6/c1-12-15(9-10-28-12)20(25)29-18(13-5-3-2-4-6-13)19(24)22-17-8-7-14(23(26)27)11-16(17)21/h2-11,18H,1H3,(H,22,24). The first kappa shape index (κ1) is 20.1. The molecular formula is C20H15ClN2O6. The highest BCUT2D eigenvalue weighted by Gasteiger charge is 2.27. The van der Waals surface area contributed by atoms with E-state index in [4.69, 9.17) is 20.8 Å². The van der Waals surface area contributed by atoms with Crippen LogP contribution in [-0.2, 0) is 9.53 Å². The number of carbonyl (C=O) groups excluding carboxylic acids is 2. The first-order valence-corrected chi connectivity index (χ1v) is 8.79. The summed E-state index contributed by atoms with van der Waals surface area (Å²) < 4.78 is 10.5. The summed E-state index contributed by atoms with van der Waals surface area (Å²) in [4.78, 5) is 35.6. The number of hydrogen-bond acceptors (Lipinski definition) is 6. The maximum absolute atomic E-state index is 12.9. The number of anilines is 1. The lowest BCUT2D eigenvalue weighted by atomic mass is 10.1. The third kappa shape index (κ3) is 4.61. The average Bonchev–Trinajstić information content (AvgIpc) is 3.14. The molecule has 1 atom stereocenters. The summed E-state index contributed by atoms with van der Waals surface area (Å²) in [6.45, 7) is 1.60. The van der Waals surface area contributed by atoms with Gasteiger partial charge in [-0.3, -0.25) is 14.9 Å². The van der Waals surface area contributed by atoms with Crippen LogP contribution in [0.4, 0.5) is 11.4 Å². The van der Waals surface area contributed by atoms with E-state index in [1.54, 1.807) is 37.3 Å². The van der Waals surface area contributed by atoms with E-state index < -0.39 is 22.9 Å². The Morgan fingerprint density at radius 2 is 1.90 bits per heavy atom. The van der Waals surface area contributed by atoms with Gasteiger partial charge in [0.05, 0.1) is 21.9 Å². The third-order valence-corrected chi connectivity index (χ3v) is 4.38. The number of furan rings is 1. The number of nitrogens with one attached hydrogen (secondary N) is 1. The van der Waals surface area contributed by atoms with E-state index in [9.17, 15) is 19.7 Å². The molecule has 148 valence electrons. The molecule has 0 saturated heterocycles. The molecule has 1 aromatic heterocycles. The number of ether oxygens (including phenoxy) is 1. The van der Waals surface area contributed by atoms with Crippen LogP contribution in [0.5, 0.6) is 0 Å². The summed E-state index contributed by atoms with van der Waals surface area (Å²) in [7, 11) is 0. The zero-order valence-electron chi connectivity index (χ0n) is 15.1. The van der Waals surface area contributed by atoms with Gasteiger partial charge in [0.15, 0.2) is 0 Å². The van der Waals surface area contributed by atoms with Crippen molar-refractivity contribution in [3.63, 3.8) is 0 Å². The fourth-order valence-electron chi connectivity index (χ4n) is 2.59. The summed E-state index contributed by atoms with van der Waals surface area (Å²) >= 11 is 6.04. The molecule has 1 heterocycles. The predicted molar refractivity (Wildman–Crippen MR) is 105 cm³/mol. The lowest BCUT2D eigenvalue weighted by molar-refractivity contribution is -0.384. The Bertz CT molecular complexity index is 1060. The van der Waals surface area contributed by atoms with Crippen LogP contribution in [-0.4, -0.2) is 16.8 Å². The summed E-state index contributed by atoms with van der Waals surface area (Å²) in [6.07, 6.45) is 0.0736. The van der Waals surface area contributed by atoms with E-state index in [1.165, 1.54) is 24.5 Å².